The van der Waals surface area contributed by atoms with Gasteiger partial charge < -0.3 is 15.1 Å². The normalized spacial score (nSPS) is 9.23. The number of hydrogen-bond acceptors (Lipinski definition) is 5. The van der Waals surface area contributed by atoms with E-state index in [1.54, 1.807) is 36.4 Å². The first-order valence-electron chi connectivity index (χ1n) is 6.36. The van der Waals surface area contributed by atoms with Crippen molar-refractivity contribution in [1.82, 2.24) is 0 Å². The van der Waals surface area contributed by atoms with E-state index in [1.165, 1.54) is 12.5 Å². The predicted molar refractivity (Wildman–Crippen MR) is 80.8 cm³/mol. The van der Waals surface area contributed by atoms with E-state index in [4.69, 9.17) is 14.9 Å². The first kappa shape index (κ1) is 14.9. The summed E-state index contributed by atoms with van der Waals surface area (Å²) in [6.07, 6.45) is 2.74. The van der Waals surface area contributed by atoms with Crippen LogP contribution in [0.1, 0.15) is 16.1 Å². The molecule has 0 aliphatic carbocycles. The number of nitriles is 2. The van der Waals surface area contributed by atoms with E-state index >= 15 is 0 Å². The molecule has 108 valence electrons. The molecule has 0 saturated heterocycles. The lowest BCUT2D eigenvalue weighted by Gasteiger charge is -2.09. The molecule has 1 aromatic carbocycles. The van der Waals surface area contributed by atoms with Crippen LogP contribution in [0.4, 0.5) is 11.4 Å². The Hall–Kier alpha value is -3.51. The van der Waals surface area contributed by atoms with Crippen LogP contribution in [0.3, 0.4) is 0 Å². The first-order valence-corrected chi connectivity index (χ1v) is 6.36. The van der Waals surface area contributed by atoms with Crippen LogP contribution < -0.4 is 10.6 Å². The van der Waals surface area contributed by atoms with Crippen LogP contribution in [0.5, 0.6) is 0 Å². The van der Waals surface area contributed by atoms with Crippen LogP contribution in [0.15, 0.2) is 52.8 Å². The SMILES string of the molecule is Cc1ccc(NC(=O)c2ccco2)cc1NC=C(C#N)C#N. The second kappa shape index (κ2) is 6.78. The van der Waals surface area contributed by atoms with Gasteiger partial charge in [-0.15, -0.1) is 0 Å². The number of aryl methyl sites for hydroxylation is 1. The maximum Gasteiger partial charge on any atom is 0.291 e. The largest absolute Gasteiger partial charge is 0.459 e. The number of benzene rings is 1. The summed E-state index contributed by atoms with van der Waals surface area (Å²) in [7, 11) is 0. The average molecular weight is 292 g/mol. The molecule has 6 heteroatoms. The number of furan rings is 1. The lowest BCUT2D eigenvalue weighted by Crippen LogP contribution is -2.11. The molecular weight excluding hydrogens is 280 g/mol. The number of nitrogens with one attached hydrogen (secondary N) is 2. The summed E-state index contributed by atoms with van der Waals surface area (Å²) in [6.45, 7) is 1.87. The van der Waals surface area contributed by atoms with E-state index in [2.05, 4.69) is 10.6 Å². The molecule has 2 aromatic rings. The highest BCUT2D eigenvalue weighted by Crippen LogP contribution is 2.21. The molecule has 1 amide bonds. The second-order valence-corrected chi connectivity index (χ2v) is 4.39. The Morgan fingerprint density at radius 3 is 2.68 bits per heavy atom. The minimum absolute atomic E-state index is 0.0376. The van der Waals surface area contributed by atoms with Crippen molar-refractivity contribution in [2.45, 2.75) is 6.92 Å². The van der Waals surface area contributed by atoms with Crippen molar-refractivity contribution in [2.75, 3.05) is 10.6 Å². The van der Waals surface area contributed by atoms with Crippen LogP contribution >= 0.6 is 0 Å². The van der Waals surface area contributed by atoms with Crippen molar-refractivity contribution in [3.05, 3.63) is 59.7 Å². The number of carbonyl (C=O) groups is 1. The Kier molecular flexibility index (Phi) is 4.59. The number of carbonyl (C=O) groups excluding carboxylic acids is 1. The lowest BCUT2D eigenvalue weighted by molar-refractivity contribution is 0.0996. The van der Waals surface area contributed by atoms with Gasteiger partial charge in [0.25, 0.3) is 5.91 Å². The molecule has 0 aliphatic rings. The summed E-state index contributed by atoms with van der Waals surface area (Å²) >= 11 is 0. The molecule has 1 aromatic heterocycles. The van der Waals surface area contributed by atoms with E-state index in [0.29, 0.717) is 11.4 Å². The molecule has 0 radical (unpaired) electrons. The van der Waals surface area contributed by atoms with Gasteiger partial charge in [-0.25, -0.2) is 0 Å². The zero-order valence-corrected chi connectivity index (χ0v) is 11.8. The van der Waals surface area contributed by atoms with E-state index in [0.717, 1.165) is 5.56 Å². The Balaban J connectivity index is 2.17. The molecule has 0 aliphatic heterocycles. The third kappa shape index (κ3) is 3.53. The fourth-order valence-electron chi connectivity index (χ4n) is 1.70. The quantitative estimate of drug-likeness (QED) is 0.842. The standard InChI is InChI=1S/C16H12N4O2/c1-11-4-5-13(20-16(21)15-3-2-6-22-15)7-14(11)19-10-12(8-17)9-18/h2-7,10,19H,1H3,(H,20,21). The van der Waals surface area contributed by atoms with E-state index in [9.17, 15) is 4.79 Å². The van der Waals surface area contributed by atoms with Gasteiger partial charge in [0.15, 0.2) is 5.76 Å². The number of anilines is 2. The fraction of sp³-hybridized carbons (Fsp3) is 0.0625. The maximum atomic E-state index is 11.9. The van der Waals surface area contributed by atoms with Gasteiger partial charge in [-0.3, -0.25) is 4.79 Å². The Bertz CT molecular complexity index is 777. The molecule has 0 unspecified atom stereocenters. The third-order valence-corrected chi connectivity index (χ3v) is 2.85. The smallest absolute Gasteiger partial charge is 0.291 e. The number of allylic oxidation sites excluding steroid dienone is 1. The molecule has 0 saturated carbocycles. The highest BCUT2D eigenvalue weighted by atomic mass is 16.3. The highest BCUT2D eigenvalue weighted by Gasteiger charge is 2.09. The molecule has 0 atom stereocenters. The minimum Gasteiger partial charge on any atom is -0.459 e. The van der Waals surface area contributed by atoms with Crippen LogP contribution in [-0.2, 0) is 0 Å². The van der Waals surface area contributed by atoms with Crippen LogP contribution in [0.2, 0.25) is 0 Å². The van der Waals surface area contributed by atoms with E-state index in [1.807, 2.05) is 13.0 Å². The van der Waals surface area contributed by atoms with Crippen molar-refractivity contribution in [2.24, 2.45) is 0 Å². The second-order valence-electron chi connectivity index (χ2n) is 4.39. The average Bonchev–Trinajstić information content (AvgIpc) is 3.05. The van der Waals surface area contributed by atoms with Gasteiger partial charge >= 0.3 is 0 Å². The summed E-state index contributed by atoms with van der Waals surface area (Å²) in [6, 6.07) is 12.0. The molecule has 6 nitrogen and oxygen atoms in total. The topological polar surface area (TPSA) is 102 Å². The first-order chi connectivity index (χ1) is 10.6. The van der Waals surface area contributed by atoms with Crippen molar-refractivity contribution in [3.63, 3.8) is 0 Å². The highest BCUT2D eigenvalue weighted by molar-refractivity contribution is 6.02. The molecular formula is C16H12N4O2. The maximum absolute atomic E-state index is 11.9. The summed E-state index contributed by atoms with van der Waals surface area (Å²) in [4.78, 5) is 11.9. The van der Waals surface area contributed by atoms with Gasteiger partial charge in [0, 0.05) is 17.6 Å². The van der Waals surface area contributed by atoms with Gasteiger partial charge in [-0.1, -0.05) is 6.07 Å². The van der Waals surface area contributed by atoms with Gasteiger partial charge in [0.1, 0.15) is 17.7 Å². The third-order valence-electron chi connectivity index (χ3n) is 2.85. The summed E-state index contributed by atoms with van der Waals surface area (Å²) in [5.74, 6) is -0.142. The van der Waals surface area contributed by atoms with Crippen LogP contribution in [-0.4, -0.2) is 5.91 Å². The Morgan fingerprint density at radius 2 is 2.05 bits per heavy atom. The molecule has 22 heavy (non-hydrogen) atoms. The van der Waals surface area contributed by atoms with Gasteiger partial charge in [-0.05, 0) is 36.8 Å². The van der Waals surface area contributed by atoms with Crippen molar-refractivity contribution >= 4 is 17.3 Å². The zero-order valence-electron chi connectivity index (χ0n) is 11.8. The molecule has 2 N–H and O–H groups in total. The fourth-order valence-corrected chi connectivity index (χ4v) is 1.70. The predicted octanol–water partition coefficient (Wildman–Crippen LogP) is 3.18. The molecule has 1 heterocycles. The van der Waals surface area contributed by atoms with Gasteiger partial charge in [-0.2, -0.15) is 10.5 Å². The summed E-state index contributed by atoms with van der Waals surface area (Å²) in [5, 5.41) is 23.0. The van der Waals surface area contributed by atoms with Crippen LogP contribution in [0.25, 0.3) is 0 Å². The monoisotopic (exact) mass is 292 g/mol. The zero-order chi connectivity index (χ0) is 15.9. The van der Waals surface area contributed by atoms with Crippen molar-refractivity contribution in [3.8, 4) is 12.1 Å². The number of amides is 1. The van der Waals surface area contributed by atoms with Crippen LogP contribution in [0, 0.1) is 29.6 Å². The molecule has 0 fully saturated rings. The number of rotatable bonds is 4. The van der Waals surface area contributed by atoms with Crippen molar-refractivity contribution < 1.29 is 9.21 Å². The molecule has 0 spiro atoms. The number of nitrogens with zero attached hydrogens (tertiary/aromatic N) is 2. The van der Waals surface area contributed by atoms with E-state index < -0.39 is 0 Å². The molecule has 0 bridgehead atoms. The Labute approximate surface area is 127 Å². The minimum atomic E-state index is -0.356. The number of hydrogen-bond donors (Lipinski definition) is 2. The summed E-state index contributed by atoms with van der Waals surface area (Å²) < 4.78 is 5.02. The molecule has 2 rings (SSSR count). The van der Waals surface area contributed by atoms with Crippen molar-refractivity contribution in [1.29, 1.82) is 10.5 Å². The van der Waals surface area contributed by atoms with Gasteiger partial charge in [0.2, 0.25) is 0 Å². The van der Waals surface area contributed by atoms with Gasteiger partial charge in [0.05, 0.1) is 6.26 Å². The lowest BCUT2D eigenvalue weighted by atomic mass is 10.1. The Morgan fingerprint density at radius 1 is 1.27 bits per heavy atom. The van der Waals surface area contributed by atoms with E-state index in [-0.39, 0.29) is 17.2 Å². The summed E-state index contributed by atoms with van der Waals surface area (Å²) in [5.41, 5.74) is 2.12.